The summed E-state index contributed by atoms with van der Waals surface area (Å²) in [5.41, 5.74) is 0.0688. The zero-order valence-corrected chi connectivity index (χ0v) is 15.8. The highest BCUT2D eigenvalue weighted by atomic mass is 16.5. The molecule has 0 unspecified atom stereocenters. The lowest BCUT2D eigenvalue weighted by Gasteiger charge is -2.33. The van der Waals surface area contributed by atoms with Gasteiger partial charge < -0.3 is 19.5 Å². The molecule has 1 saturated heterocycles. The van der Waals surface area contributed by atoms with E-state index in [1.807, 2.05) is 6.07 Å². The van der Waals surface area contributed by atoms with E-state index < -0.39 is 30.0 Å². The summed E-state index contributed by atoms with van der Waals surface area (Å²) in [6.45, 7) is -0.200. The molecule has 2 heterocycles. The molecule has 1 N–H and O–H groups in total. The Hall–Kier alpha value is -3.55. The second-order valence-corrected chi connectivity index (χ2v) is 6.79. The van der Waals surface area contributed by atoms with E-state index in [0.29, 0.717) is 29.0 Å². The molecule has 1 atom stereocenters. The van der Waals surface area contributed by atoms with Crippen LogP contribution < -0.4 is 14.8 Å². The van der Waals surface area contributed by atoms with Gasteiger partial charge in [0.2, 0.25) is 0 Å². The lowest BCUT2D eigenvalue weighted by molar-refractivity contribution is -0.149. The number of para-hydroxylation sites is 2. The lowest BCUT2D eigenvalue weighted by atomic mass is 9.84. The minimum atomic E-state index is -1.21. The van der Waals surface area contributed by atoms with Crippen molar-refractivity contribution in [1.82, 2.24) is 10.2 Å². The minimum Gasteiger partial charge on any atom is -0.496 e. The van der Waals surface area contributed by atoms with Gasteiger partial charge in [-0.05, 0) is 12.1 Å². The average molecular weight is 396 g/mol. The van der Waals surface area contributed by atoms with Crippen molar-refractivity contribution in [2.45, 2.75) is 18.6 Å². The first-order chi connectivity index (χ1) is 14.0. The first-order valence-electron chi connectivity index (χ1n) is 9.19. The molecule has 0 aliphatic carbocycles. The number of fused-ring (bicyclic) bond motifs is 2. The van der Waals surface area contributed by atoms with Crippen molar-refractivity contribution in [3.8, 4) is 11.5 Å². The van der Waals surface area contributed by atoms with Crippen molar-refractivity contribution < 1.29 is 28.6 Å². The number of nitrogens with one attached hydrogen (secondary N) is 1. The van der Waals surface area contributed by atoms with Crippen LogP contribution in [0.25, 0.3) is 0 Å². The van der Waals surface area contributed by atoms with E-state index in [9.17, 15) is 14.4 Å². The second kappa shape index (κ2) is 7.46. The molecule has 150 valence electrons. The number of methoxy groups -OCH3 is 1. The highest BCUT2D eigenvalue weighted by Gasteiger charge is 2.55. The maximum Gasteiger partial charge on any atom is 0.326 e. The number of carbonyl (C=O) groups is 3. The molecule has 29 heavy (non-hydrogen) atoms. The number of carbonyl (C=O) groups excluding carboxylic acids is 3. The molecule has 1 fully saturated rings. The van der Waals surface area contributed by atoms with Crippen molar-refractivity contribution in [3.63, 3.8) is 0 Å². The number of amides is 3. The van der Waals surface area contributed by atoms with Crippen LogP contribution in [0.3, 0.4) is 0 Å². The monoisotopic (exact) mass is 396 g/mol. The summed E-state index contributed by atoms with van der Waals surface area (Å²) in [6, 6.07) is 13.6. The van der Waals surface area contributed by atoms with E-state index >= 15 is 0 Å². The van der Waals surface area contributed by atoms with E-state index in [4.69, 9.17) is 14.2 Å². The fourth-order valence-electron chi connectivity index (χ4n) is 3.67. The fourth-order valence-corrected chi connectivity index (χ4v) is 3.67. The topological polar surface area (TPSA) is 94.2 Å². The molecule has 0 saturated carbocycles. The Morgan fingerprint density at radius 3 is 2.76 bits per heavy atom. The molecule has 8 heteroatoms. The van der Waals surface area contributed by atoms with Crippen LogP contribution >= 0.6 is 0 Å². The second-order valence-electron chi connectivity index (χ2n) is 6.79. The Labute approximate surface area is 167 Å². The van der Waals surface area contributed by atoms with Crippen LogP contribution in [0.4, 0.5) is 4.79 Å². The summed E-state index contributed by atoms with van der Waals surface area (Å²) in [5, 5.41) is 2.75. The molecule has 2 aromatic rings. The van der Waals surface area contributed by atoms with Gasteiger partial charge in [0, 0.05) is 17.5 Å². The molecule has 4 rings (SSSR count). The first-order valence-corrected chi connectivity index (χ1v) is 9.19. The Morgan fingerprint density at radius 1 is 1.17 bits per heavy atom. The Morgan fingerprint density at radius 2 is 1.93 bits per heavy atom. The quantitative estimate of drug-likeness (QED) is 0.613. The van der Waals surface area contributed by atoms with Crippen molar-refractivity contribution in [3.05, 3.63) is 59.7 Å². The fraction of sp³-hybridized carbons (Fsp3) is 0.286. The third-order valence-corrected chi connectivity index (χ3v) is 5.13. The molecule has 2 aliphatic rings. The third kappa shape index (κ3) is 3.26. The van der Waals surface area contributed by atoms with Crippen molar-refractivity contribution >= 4 is 17.9 Å². The zero-order valence-electron chi connectivity index (χ0n) is 15.8. The number of esters is 1. The molecule has 8 nitrogen and oxygen atoms in total. The molecule has 0 bridgehead atoms. The van der Waals surface area contributed by atoms with Crippen LogP contribution in [-0.2, 0) is 26.5 Å². The summed E-state index contributed by atoms with van der Waals surface area (Å²) in [7, 11) is 1.53. The van der Waals surface area contributed by atoms with Gasteiger partial charge in [-0.25, -0.2) is 4.79 Å². The summed E-state index contributed by atoms with van der Waals surface area (Å²) in [4.78, 5) is 38.8. The van der Waals surface area contributed by atoms with Crippen LogP contribution in [0.2, 0.25) is 0 Å². The van der Waals surface area contributed by atoms with Gasteiger partial charge in [0.05, 0.1) is 13.7 Å². The number of imide groups is 1. The molecule has 0 aromatic heterocycles. The number of ether oxygens (including phenoxy) is 3. The average Bonchev–Trinajstić information content (AvgIpc) is 2.97. The first kappa shape index (κ1) is 18.8. The van der Waals surface area contributed by atoms with Gasteiger partial charge in [-0.15, -0.1) is 0 Å². The normalized spacial score (nSPS) is 20.1. The van der Waals surface area contributed by atoms with Crippen LogP contribution in [0, 0.1) is 0 Å². The molecule has 2 aromatic carbocycles. The minimum absolute atomic E-state index is 0.0195. The maximum atomic E-state index is 13.1. The molecule has 0 radical (unpaired) electrons. The van der Waals surface area contributed by atoms with Gasteiger partial charge in [-0.1, -0.05) is 36.4 Å². The lowest BCUT2D eigenvalue weighted by Crippen LogP contribution is -2.47. The van der Waals surface area contributed by atoms with Gasteiger partial charge in [0.15, 0.2) is 5.54 Å². The molecule has 1 spiro atoms. The van der Waals surface area contributed by atoms with Crippen LogP contribution in [0.5, 0.6) is 11.5 Å². The number of benzene rings is 2. The number of nitrogens with zero attached hydrogens (tertiary/aromatic N) is 1. The molecular weight excluding hydrogens is 376 g/mol. The standard InChI is InChI=1S/C21H20N2O6/c1-27-16-8-4-2-6-14(16)13-29-18(24)12-23-19(25)21(22-20(23)26)10-11-28-17-9-5-3-7-15(17)21/h2-9H,10-13H2,1H3,(H,22,26)/t21-/m1/s1. The Balaban J connectivity index is 1.47. The zero-order chi connectivity index (χ0) is 20.4. The summed E-state index contributed by atoms with van der Waals surface area (Å²) >= 11 is 0. The highest BCUT2D eigenvalue weighted by molar-refractivity contribution is 6.09. The van der Waals surface area contributed by atoms with Crippen LogP contribution in [-0.4, -0.2) is 43.1 Å². The SMILES string of the molecule is COc1ccccc1COC(=O)CN1C(=O)N[C@@]2(CCOc3ccccc32)C1=O. The number of hydrogen-bond donors (Lipinski definition) is 1. The van der Waals surface area contributed by atoms with Crippen LogP contribution in [0.15, 0.2) is 48.5 Å². The summed E-state index contributed by atoms with van der Waals surface area (Å²) < 4.78 is 16.1. The van der Waals surface area contributed by atoms with Gasteiger partial charge in [0.25, 0.3) is 5.91 Å². The summed E-state index contributed by atoms with van der Waals surface area (Å²) in [5.74, 6) is -0.0228. The predicted molar refractivity (Wildman–Crippen MR) is 101 cm³/mol. The highest BCUT2D eigenvalue weighted by Crippen LogP contribution is 2.40. The van der Waals surface area contributed by atoms with Gasteiger partial charge in [-0.3, -0.25) is 14.5 Å². The van der Waals surface area contributed by atoms with Crippen molar-refractivity contribution in [1.29, 1.82) is 0 Å². The van der Waals surface area contributed by atoms with Gasteiger partial charge in [-0.2, -0.15) is 0 Å². The van der Waals surface area contributed by atoms with Gasteiger partial charge in [0.1, 0.15) is 24.7 Å². The van der Waals surface area contributed by atoms with Crippen molar-refractivity contribution in [2.24, 2.45) is 0 Å². The molecule has 2 aliphatic heterocycles. The number of urea groups is 1. The molecule has 3 amide bonds. The van der Waals surface area contributed by atoms with E-state index in [1.54, 1.807) is 42.5 Å². The van der Waals surface area contributed by atoms with E-state index in [-0.39, 0.29) is 13.2 Å². The molecular formula is C21H20N2O6. The summed E-state index contributed by atoms with van der Waals surface area (Å²) in [6.07, 6.45) is 0.293. The Bertz CT molecular complexity index is 975. The maximum absolute atomic E-state index is 13.1. The Kier molecular flexibility index (Phi) is 4.84. The number of rotatable bonds is 5. The van der Waals surface area contributed by atoms with E-state index in [0.717, 1.165) is 4.90 Å². The van der Waals surface area contributed by atoms with Gasteiger partial charge >= 0.3 is 12.0 Å². The largest absolute Gasteiger partial charge is 0.496 e. The van der Waals surface area contributed by atoms with E-state index in [1.165, 1.54) is 7.11 Å². The number of hydrogen-bond acceptors (Lipinski definition) is 6. The van der Waals surface area contributed by atoms with E-state index in [2.05, 4.69) is 5.32 Å². The smallest absolute Gasteiger partial charge is 0.326 e. The predicted octanol–water partition coefficient (Wildman–Crippen LogP) is 1.97. The third-order valence-electron chi connectivity index (χ3n) is 5.13. The van der Waals surface area contributed by atoms with Crippen LogP contribution in [0.1, 0.15) is 17.5 Å². The van der Waals surface area contributed by atoms with Crippen molar-refractivity contribution in [2.75, 3.05) is 20.3 Å².